The smallest absolute Gasteiger partial charge is 0.274 e. The number of rotatable bonds is 11. The maximum absolute atomic E-state index is 12.9. The first-order chi connectivity index (χ1) is 15.2. The van der Waals surface area contributed by atoms with Crippen LogP contribution in [-0.2, 0) is 16.0 Å². The zero-order valence-electron chi connectivity index (χ0n) is 17.8. The van der Waals surface area contributed by atoms with E-state index < -0.39 is 0 Å². The molecule has 9 nitrogen and oxygen atoms in total. The molecule has 0 saturated carbocycles. The molecular weight excluding hydrogens is 396 g/mol. The second kappa shape index (κ2) is 12.7. The first kappa shape index (κ1) is 22.8. The molecule has 2 amide bonds. The van der Waals surface area contributed by atoms with Gasteiger partial charge in [-0.1, -0.05) is 6.07 Å². The van der Waals surface area contributed by atoms with Crippen molar-refractivity contribution in [1.82, 2.24) is 30.1 Å². The number of carbonyl (C=O) groups excluding carboxylic acids is 2. The van der Waals surface area contributed by atoms with Crippen molar-refractivity contribution in [2.75, 3.05) is 52.5 Å². The van der Waals surface area contributed by atoms with Crippen LogP contribution in [0.5, 0.6) is 0 Å². The minimum atomic E-state index is -0.198. The molecule has 2 aromatic heterocycles. The van der Waals surface area contributed by atoms with Crippen molar-refractivity contribution in [2.45, 2.75) is 19.3 Å². The molecule has 1 aliphatic rings. The van der Waals surface area contributed by atoms with Crippen LogP contribution in [0.1, 0.15) is 29.0 Å². The molecule has 31 heavy (non-hydrogen) atoms. The Morgan fingerprint density at radius 3 is 2.71 bits per heavy atom. The Balaban J connectivity index is 1.46. The van der Waals surface area contributed by atoms with Gasteiger partial charge in [-0.05, 0) is 18.6 Å². The van der Waals surface area contributed by atoms with E-state index in [1.807, 2.05) is 18.2 Å². The van der Waals surface area contributed by atoms with Gasteiger partial charge in [0.05, 0.1) is 19.4 Å². The van der Waals surface area contributed by atoms with E-state index in [1.165, 1.54) is 18.6 Å². The molecule has 1 saturated heterocycles. The zero-order valence-corrected chi connectivity index (χ0v) is 17.8. The van der Waals surface area contributed by atoms with E-state index in [0.29, 0.717) is 31.7 Å². The van der Waals surface area contributed by atoms with Gasteiger partial charge in [0.1, 0.15) is 5.69 Å². The second-order valence-electron chi connectivity index (χ2n) is 7.36. The van der Waals surface area contributed by atoms with E-state index in [1.54, 1.807) is 11.1 Å². The number of nitrogens with one attached hydrogen (secondary N) is 1. The summed E-state index contributed by atoms with van der Waals surface area (Å²) in [5, 5.41) is 2.91. The van der Waals surface area contributed by atoms with Crippen molar-refractivity contribution in [3.63, 3.8) is 0 Å². The highest BCUT2D eigenvalue weighted by Gasteiger charge is 2.19. The highest BCUT2D eigenvalue weighted by atomic mass is 16.5. The molecule has 1 aliphatic heterocycles. The molecule has 0 bridgehead atoms. The fraction of sp³-hybridized carbons (Fsp3) is 0.500. The van der Waals surface area contributed by atoms with Crippen LogP contribution in [0.4, 0.5) is 0 Å². The van der Waals surface area contributed by atoms with Crippen LogP contribution in [0.15, 0.2) is 43.0 Å². The van der Waals surface area contributed by atoms with E-state index >= 15 is 0 Å². The quantitative estimate of drug-likeness (QED) is 0.567. The molecule has 0 radical (unpaired) electrons. The van der Waals surface area contributed by atoms with E-state index in [9.17, 15) is 9.59 Å². The number of pyridine rings is 1. The van der Waals surface area contributed by atoms with E-state index in [4.69, 9.17) is 4.74 Å². The van der Waals surface area contributed by atoms with Crippen LogP contribution in [0, 0.1) is 0 Å². The molecule has 2 aromatic rings. The molecule has 166 valence electrons. The largest absolute Gasteiger partial charge is 0.379 e. The Morgan fingerprint density at radius 2 is 1.97 bits per heavy atom. The van der Waals surface area contributed by atoms with Gasteiger partial charge in [0.15, 0.2) is 0 Å². The Morgan fingerprint density at radius 1 is 1.10 bits per heavy atom. The molecule has 0 aliphatic carbocycles. The predicted octanol–water partition coefficient (Wildman–Crippen LogP) is 0.785. The van der Waals surface area contributed by atoms with Crippen molar-refractivity contribution < 1.29 is 14.3 Å². The van der Waals surface area contributed by atoms with Crippen LogP contribution in [0.2, 0.25) is 0 Å². The monoisotopic (exact) mass is 426 g/mol. The Labute approximate surface area is 182 Å². The SMILES string of the molecule is O=C(CCN(CCCN1CCOCC1)C(=O)c1cnccn1)NCCc1ccccn1. The third-order valence-electron chi connectivity index (χ3n) is 5.11. The zero-order chi connectivity index (χ0) is 21.7. The Bertz CT molecular complexity index is 799. The lowest BCUT2D eigenvalue weighted by atomic mass is 10.2. The van der Waals surface area contributed by atoms with Crippen molar-refractivity contribution >= 4 is 11.8 Å². The molecule has 1 N–H and O–H groups in total. The summed E-state index contributed by atoms with van der Waals surface area (Å²) in [6, 6.07) is 5.73. The summed E-state index contributed by atoms with van der Waals surface area (Å²) in [6.07, 6.45) is 7.99. The standard InChI is InChI=1S/C22H30N6O3/c29-21(26-8-5-19-4-1-2-7-24-19)6-13-28(22(30)20-18-23-9-10-25-20)12-3-11-27-14-16-31-17-15-27/h1-2,4,7,9-10,18H,3,5-6,8,11-17H2,(H,26,29). The number of aromatic nitrogens is 3. The number of amides is 2. The average molecular weight is 427 g/mol. The first-order valence-electron chi connectivity index (χ1n) is 10.7. The van der Waals surface area contributed by atoms with Crippen molar-refractivity contribution in [1.29, 1.82) is 0 Å². The van der Waals surface area contributed by atoms with Gasteiger partial charge < -0.3 is 15.0 Å². The maximum Gasteiger partial charge on any atom is 0.274 e. The molecule has 0 atom stereocenters. The van der Waals surface area contributed by atoms with E-state index in [2.05, 4.69) is 25.2 Å². The first-order valence-corrected chi connectivity index (χ1v) is 10.7. The Kier molecular flexibility index (Phi) is 9.33. The fourth-order valence-electron chi connectivity index (χ4n) is 3.40. The molecule has 0 aromatic carbocycles. The third kappa shape index (κ3) is 8.03. The van der Waals surface area contributed by atoms with Gasteiger partial charge in [-0.3, -0.25) is 24.5 Å². The molecule has 0 spiro atoms. The summed E-state index contributed by atoms with van der Waals surface area (Å²) in [5.41, 5.74) is 1.23. The normalized spacial score (nSPS) is 14.2. The summed E-state index contributed by atoms with van der Waals surface area (Å²) in [4.78, 5) is 41.6. The fourth-order valence-corrected chi connectivity index (χ4v) is 3.40. The van der Waals surface area contributed by atoms with Gasteiger partial charge in [-0.25, -0.2) is 4.98 Å². The van der Waals surface area contributed by atoms with Crippen molar-refractivity contribution in [3.05, 3.63) is 54.4 Å². The molecule has 9 heteroatoms. The lowest BCUT2D eigenvalue weighted by Crippen LogP contribution is -2.40. The van der Waals surface area contributed by atoms with Gasteiger partial charge in [0.2, 0.25) is 5.91 Å². The number of hydrogen-bond donors (Lipinski definition) is 1. The van der Waals surface area contributed by atoms with Crippen LogP contribution in [-0.4, -0.2) is 89.0 Å². The van der Waals surface area contributed by atoms with E-state index in [-0.39, 0.29) is 18.2 Å². The number of nitrogens with zero attached hydrogens (tertiary/aromatic N) is 5. The summed E-state index contributed by atoms with van der Waals surface area (Å²) in [5.74, 6) is -0.280. The maximum atomic E-state index is 12.9. The van der Waals surface area contributed by atoms with Crippen LogP contribution in [0.3, 0.4) is 0 Å². The molecular formula is C22H30N6O3. The van der Waals surface area contributed by atoms with Gasteiger partial charge in [0.25, 0.3) is 5.91 Å². The molecule has 3 rings (SSSR count). The highest BCUT2D eigenvalue weighted by molar-refractivity contribution is 5.92. The van der Waals surface area contributed by atoms with Gasteiger partial charge in [-0.2, -0.15) is 0 Å². The molecule has 0 unspecified atom stereocenters. The average Bonchev–Trinajstić information content (AvgIpc) is 2.83. The minimum Gasteiger partial charge on any atom is -0.379 e. The predicted molar refractivity (Wildman–Crippen MR) is 115 cm³/mol. The van der Waals surface area contributed by atoms with Crippen LogP contribution < -0.4 is 5.32 Å². The second-order valence-corrected chi connectivity index (χ2v) is 7.36. The van der Waals surface area contributed by atoms with Crippen molar-refractivity contribution in [3.8, 4) is 0 Å². The topological polar surface area (TPSA) is 101 Å². The molecule has 1 fully saturated rings. The number of carbonyl (C=O) groups is 2. The van der Waals surface area contributed by atoms with E-state index in [0.717, 1.165) is 45.0 Å². The van der Waals surface area contributed by atoms with Gasteiger partial charge >= 0.3 is 0 Å². The highest BCUT2D eigenvalue weighted by Crippen LogP contribution is 2.05. The van der Waals surface area contributed by atoms with Crippen LogP contribution >= 0.6 is 0 Å². The van der Waals surface area contributed by atoms with Crippen LogP contribution in [0.25, 0.3) is 0 Å². The number of ether oxygens (including phenoxy) is 1. The van der Waals surface area contributed by atoms with Crippen molar-refractivity contribution in [2.24, 2.45) is 0 Å². The van der Waals surface area contributed by atoms with Gasteiger partial charge in [-0.15, -0.1) is 0 Å². The summed E-state index contributed by atoms with van der Waals surface area (Å²) < 4.78 is 5.38. The summed E-state index contributed by atoms with van der Waals surface area (Å²) in [6.45, 7) is 5.65. The lowest BCUT2D eigenvalue weighted by Gasteiger charge is -2.28. The van der Waals surface area contributed by atoms with Gasteiger partial charge in [0, 0.05) is 76.4 Å². The number of morpholine rings is 1. The summed E-state index contributed by atoms with van der Waals surface area (Å²) >= 11 is 0. The Hall–Kier alpha value is -2.91. The lowest BCUT2D eigenvalue weighted by molar-refractivity contribution is -0.121. The third-order valence-corrected chi connectivity index (χ3v) is 5.11. The number of hydrogen-bond acceptors (Lipinski definition) is 7. The minimum absolute atomic E-state index is 0.0824. The summed E-state index contributed by atoms with van der Waals surface area (Å²) in [7, 11) is 0. The molecule has 3 heterocycles.